The molecule has 2 aliphatic heterocycles. The minimum Gasteiger partial charge on any atom is -0.406 e. The number of likely N-dealkylation sites (tertiary alicyclic amines) is 1. The van der Waals surface area contributed by atoms with E-state index in [4.69, 9.17) is 0 Å². The van der Waals surface area contributed by atoms with E-state index >= 15 is 0 Å². The molecule has 2 aliphatic carbocycles. The number of carbonyl (C=O) groups excluding carboxylic acids is 2. The number of benzene rings is 1. The summed E-state index contributed by atoms with van der Waals surface area (Å²) in [6.07, 6.45) is -0.260. The number of nitrogens with one attached hydrogen (secondary N) is 1. The number of hydrogen-bond donors (Lipinski definition) is 1. The highest BCUT2D eigenvalue weighted by molar-refractivity contribution is 5.84. The Morgan fingerprint density at radius 1 is 1.23 bits per heavy atom. The predicted octanol–water partition coefficient (Wildman–Crippen LogP) is 3.44. The lowest BCUT2D eigenvalue weighted by Gasteiger charge is -2.46. The summed E-state index contributed by atoms with van der Waals surface area (Å²) in [5, 5.41) is 3.02. The first-order chi connectivity index (χ1) is 14.1. The van der Waals surface area contributed by atoms with Crippen LogP contribution in [0.15, 0.2) is 18.2 Å². The zero-order chi connectivity index (χ0) is 21.3. The minimum absolute atomic E-state index is 0.0270. The van der Waals surface area contributed by atoms with Crippen molar-refractivity contribution in [3.8, 4) is 5.75 Å². The van der Waals surface area contributed by atoms with E-state index in [-0.39, 0.29) is 40.4 Å². The summed E-state index contributed by atoms with van der Waals surface area (Å²) in [5.74, 6) is 0.343. The van der Waals surface area contributed by atoms with Gasteiger partial charge in [-0.2, -0.15) is 0 Å². The number of ether oxygens (including phenoxy) is 1. The van der Waals surface area contributed by atoms with E-state index in [1.807, 2.05) is 11.0 Å². The number of nitrogens with zero attached hydrogens (tertiary/aromatic N) is 1. The molecule has 2 heterocycles. The number of rotatable bonds is 3. The third-order valence-electron chi connectivity index (χ3n) is 7.66. The lowest BCUT2D eigenvalue weighted by atomic mass is 9.67. The molecule has 1 aromatic rings. The Hall–Kier alpha value is -2.25. The normalized spacial score (nSPS) is 34.9. The molecule has 30 heavy (non-hydrogen) atoms. The average molecular weight is 422 g/mol. The Bertz CT molecular complexity index is 909. The van der Waals surface area contributed by atoms with Crippen LogP contribution in [0.3, 0.4) is 0 Å². The fraction of sp³-hybridized carbons (Fsp3) is 0.636. The SMILES string of the molecule is Cc1ccc(C23CCN(C(=O)[C@H]4C[C@]5(CCC(=O)N5)C4)CC2C3)cc1OC(F)(F)F. The van der Waals surface area contributed by atoms with Gasteiger partial charge in [0.1, 0.15) is 5.75 Å². The molecule has 8 heteroatoms. The van der Waals surface area contributed by atoms with Gasteiger partial charge >= 0.3 is 6.36 Å². The number of carbonyl (C=O) groups is 2. The van der Waals surface area contributed by atoms with Crippen LogP contribution in [-0.2, 0) is 15.0 Å². The highest BCUT2D eigenvalue weighted by atomic mass is 19.4. The van der Waals surface area contributed by atoms with E-state index in [2.05, 4.69) is 10.1 Å². The second-order valence-electron chi connectivity index (χ2n) is 9.55. The molecule has 0 radical (unpaired) electrons. The second kappa shape index (κ2) is 6.37. The number of piperidine rings is 1. The molecule has 0 bridgehead atoms. The summed E-state index contributed by atoms with van der Waals surface area (Å²) in [7, 11) is 0. The Morgan fingerprint density at radius 2 is 2.00 bits per heavy atom. The predicted molar refractivity (Wildman–Crippen MR) is 102 cm³/mol. The molecule has 5 rings (SSSR count). The van der Waals surface area contributed by atoms with Gasteiger partial charge in [0.2, 0.25) is 11.8 Å². The summed E-state index contributed by atoms with van der Waals surface area (Å²) in [6, 6.07) is 5.11. The summed E-state index contributed by atoms with van der Waals surface area (Å²) < 4.78 is 42.3. The Morgan fingerprint density at radius 3 is 2.63 bits per heavy atom. The molecule has 4 fully saturated rings. The fourth-order valence-corrected chi connectivity index (χ4v) is 5.86. The minimum atomic E-state index is -4.71. The van der Waals surface area contributed by atoms with Crippen LogP contribution < -0.4 is 10.1 Å². The van der Waals surface area contributed by atoms with Gasteiger partial charge in [0, 0.05) is 36.4 Å². The largest absolute Gasteiger partial charge is 0.573 e. The van der Waals surface area contributed by atoms with Crippen LogP contribution in [0.4, 0.5) is 13.2 Å². The molecule has 162 valence electrons. The van der Waals surface area contributed by atoms with Gasteiger partial charge < -0.3 is 15.0 Å². The molecule has 2 amide bonds. The van der Waals surface area contributed by atoms with Crippen LogP contribution >= 0.6 is 0 Å². The monoisotopic (exact) mass is 422 g/mol. The van der Waals surface area contributed by atoms with Crippen molar-refractivity contribution >= 4 is 11.8 Å². The van der Waals surface area contributed by atoms with Crippen LogP contribution in [0.5, 0.6) is 5.75 Å². The van der Waals surface area contributed by atoms with E-state index in [0.29, 0.717) is 25.1 Å². The first kappa shape index (κ1) is 19.7. The summed E-state index contributed by atoms with van der Waals surface area (Å²) in [6.45, 7) is 2.87. The van der Waals surface area contributed by atoms with E-state index in [1.54, 1.807) is 13.0 Å². The standard InChI is InChI=1S/C22H25F3N2O3/c1-13-2-3-15(8-17(13)30-22(23,24)25)21-6-7-27(12-16(21)11-21)19(29)14-9-20(10-14)5-4-18(28)26-20/h2-3,8,14,16H,4-7,9-12H2,1H3,(H,26,28)/t14-,16?,20+,21?. The van der Waals surface area contributed by atoms with Crippen molar-refractivity contribution < 1.29 is 27.5 Å². The quantitative estimate of drug-likeness (QED) is 0.812. The maximum Gasteiger partial charge on any atom is 0.573 e. The molecule has 1 aromatic carbocycles. The highest BCUT2D eigenvalue weighted by Crippen LogP contribution is 2.60. The number of halogens is 3. The molecule has 2 saturated carbocycles. The molecule has 4 aliphatic rings. The van der Waals surface area contributed by atoms with Crippen molar-refractivity contribution in [2.45, 2.75) is 62.8 Å². The lowest BCUT2D eigenvalue weighted by Crippen LogP contribution is -2.57. The Balaban J connectivity index is 1.23. The van der Waals surface area contributed by atoms with E-state index in [1.165, 1.54) is 6.07 Å². The average Bonchev–Trinajstić information content (AvgIpc) is 3.26. The van der Waals surface area contributed by atoms with Crippen molar-refractivity contribution in [2.24, 2.45) is 11.8 Å². The Labute approximate surface area is 172 Å². The van der Waals surface area contributed by atoms with Crippen LogP contribution in [0.1, 0.15) is 49.7 Å². The van der Waals surface area contributed by atoms with Gasteiger partial charge in [-0.1, -0.05) is 12.1 Å². The maximum atomic E-state index is 12.9. The molecule has 2 saturated heterocycles. The van der Waals surface area contributed by atoms with Crippen LogP contribution in [0, 0.1) is 18.8 Å². The molecule has 5 nitrogen and oxygen atoms in total. The molecule has 2 atom stereocenters. The zero-order valence-electron chi connectivity index (χ0n) is 16.8. The number of fused-ring (bicyclic) bond motifs is 1. The van der Waals surface area contributed by atoms with Crippen molar-refractivity contribution in [2.75, 3.05) is 13.1 Å². The van der Waals surface area contributed by atoms with E-state index in [0.717, 1.165) is 37.7 Å². The second-order valence-corrected chi connectivity index (χ2v) is 9.55. The van der Waals surface area contributed by atoms with Crippen LogP contribution in [-0.4, -0.2) is 41.7 Å². The zero-order valence-corrected chi connectivity index (χ0v) is 16.8. The van der Waals surface area contributed by atoms with Crippen molar-refractivity contribution in [1.82, 2.24) is 10.2 Å². The van der Waals surface area contributed by atoms with Gasteiger partial charge in [-0.3, -0.25) is 9.59 Å². The first-order valence-corrected chi connectivity index (χ1v) is 10.6. The van der Waals surface area contributed by atoms with Crippen molar-refractivity contribution in [1.29, 1.82) is 0 Å². The van der Waals surface area contributed by atoms with Crippen molar-refractivity contribution in [3.63, 3.8) is 0 Å². The lowest BCUT2D eigenvalue weighted by molar-refractivity contribution is -0.274. The third kappa shape index (κ3) is 3.24. The number of hydrogen-bond acceptors (Lipinski definition) is 3. The molecular weight excluding hydrogens is 397 g/mol. The summed E-state index contributed by atoms with van der Waals surface area (Å²) in [5.41, 5.74) is 1.03. The number of aryl methyl sites for hydroxylation is 1. The fourth-order valence-electron chi connectivity index (χ4n) is 5.86. The molecule has 1 spiro atoms. The van der Waals surface area contributed by atoms with E-state index in [9.17, 15) is 22.8 Å². The Kier molecular flexibility index (Phi) is 4.19. The number of alkyl halides is 3. The number of amides is 2. The topological polar surface area (TPSA) is 58.6 Å². The van der Waals surface area contributed by atoms with Gasteiger partial charge in [0.15, 0.2) is 0 Å². The molecular formula is C22H25F3N2O3. The van der Waals surface area contributed by atoms with Crippen LogP contribution in [0.25, 0.3) is 0 Å². The van der Waals surface area contributed by atoms with Gasteiger partial charge in [-0.15, -0.1) is 13.2 Å². The van der Waals surface area contributed by atoms with Gasteiger partial charge in [-0.25, -0.2) is 0 Å². The van der Waals surface area contributed by atoms with Gasteiger partial charge in [0.25, 0.3) is 0 Å². The highest BCUT2D eigenvalue weighted by Gasteiger charge is 2.59. The van der Waals surface area contributed by atoms with Gasteiger partial charge in [-0.05, 0) is 62.1 Å². The van der Waals surface area contributed by atoms with Gasteiger partial charge in [0.05, 0.1) is 0 Å². The summed E-state index contributed by atoms with van der Waals surface area (Å²) >= 11 is 0. The summed E-state index contributed by atoms with van der Waals surface area (Å²) in [4.78, 5) is 26.3. The van der Waals surface area contributed by atoms with Crippen LogP contribution in [0.2, 0.25) is 0 Å². The molecule has 1 N–H and O–H groups in total. The molecule has 0 aromatic heterocycles. The van der Waals surface area contributed by atoms with Crippen molar-refractivity contribution in [3.05, 3.63) is 29.3 Å². The molecule has 2 unspecified atom stereocenters. The maximum absolute atomic E-state index is 12.9. The third-order valence-corrected chi connectivity index (χ3v) is 7.66. The first-order valence-electron chi connectivity index (χ1n) is 10.6. The smallest absolute Gasteiger partial charge is 0.406 e. The van der Waals surface area contributed by atoms with E-state index < -0.39 is 6.36 Å².